The van der Waals surface area contributed by atoms with Crippen LogP contribution in [-0.4, -0.2) is 35.1 Å². The van der Waals surface area contributed by atoms with Gasteiger partial charge in [0.05, 0.1) is 18.9 Å². The van der Waals surface area contributed by atoms with Gasteiger partial charge in [-0.25, -0.2) is 0 Å². The summed E-state index contributed by atoms with van der Waals surface area (Å²) in [6.45, 7) is 1.97. The van der Waals surface area contributed by atoms with Crippen LogP contribution in [0.5, 0.6) is 5.75 Å². The Morgan fingerprint density at radius 3 is 2.36 bits per heavy atom. The summed E-state index contributed by atoms with van der Waals surface area (Å²) in [5, 5.41) is 8.96. The molecule has 0 spiro atoms. The third-order valence-electron chi connectivity index (χ3n) is 4.23. The van der Waals surface area contributed by atoms with Crippen molar-refractivity contribution in [3.8, 4) is 5.75 Å². The molecular formula is C19H19NO4S. The molecule has 3 rings (SSSR count). The molecule has 1 amide bonds. The molecule has 0 aromatic heterocycles. The Morgan fingerprint density at radius 2 is 1.80 bits per heavy atom. The summed E-state index contributed by atoms with van der Waals surface area (Å²) in [5.74, 6) is -0.185. The second-order valence-electron chi connectivity index (χ2n) is 5.89. The number of anilines is 1. The average molecular weight is 357 g/mol. The number of thioether (sulfide) groups is 1. The minimum absolute atomic E-state index is 0.0989. The molecule has 1 N–H and O–H groups in total. The zero-order valence-corrected chi connectivity index (χ0v) is 14.8. The van der Waals surface area contributed by atoms with Gasteiger partial charge in [-0.05, 0) is 36.8 Å². The van der Waals surface area contributed by atoms with Crippen LogP contribution >= 0.6 is 11.8 Å². The number of carbonyl (C=O) groups is 2. The van der Waals surface area contributed by atoms with E-state index in [1.54, 1.807) is 36.3 Å². The maximum absolute atomic E-state index is 12.6. The molecule has 2 aromatic rings. The van der Waals surface area contributed by atoms with Crippen LogP contribution in [0, 0.1) is 6.92 Å². The highest BCUT2D eigenvalue weighted by Gasteiger charge is 2.42. The van der Waals surface area contributed by atoms with Gasteiger partial charge in [-0.15, -0.1) is 11.8 Å². The fraction of sp³-hybridized carbons (Fsp3) is 0.263. The summed E-state index contributed by atoms with van der Waals surface area (Å²) in [7, 11) is 1.58. The predicted molar refractivity (Wildman–Crippen MR) is 98.3 cm³/mol. The van der Waals surface area contributed by atoms with E-state index >= 15 is 0 Å². The topological polar surface area (TPSA) is 66.8 Å². The van der Waals surface area contributed by atoms with Gasteiger partial charge in [-0.3, -0.25) is 9.59 Å². The molecule has 0 radical (unpaired) electrons. The molecule has 2 atom stereocenters. The number of nitrogens with zero attached hydrogens (tertiary/aromatic N) is 1. The average Bonchev–Trinajstić information content (AvgIpc) is 2.62. The fourth-order valence-corrected chi connectivity index (χ4v) is 4.02. The molecule has 5 nitrogen and oxygen atoms in total. The fourth-order valence-electron chi connectivity index (χ4n) is 2.95. The number of carboxylic acids is 1. The monoisotopic (exact) mass is 357 g/mol. The molecule has 130 valence electrons. The minimum atomic E-state index is -0.915. The van der Waals surface area contributed by atoms with Crippen LogP contribution in [-0.2, 0) is 9.59 Å². The molecule has 0 bridgehead atoms. The van der Waals surface area contributed by atoms with Gasteiger partial charge < -0.3 is 14.7 Å². The smallest absolute Gasteiger partial charge is 0.319 e. The van der Waals surface area contributed by atoms with Crippen LogP contribution in [0.3, 0.4) is 0 Å². The van der Waals surface area contributed by atoms with Crippen molar-refractivity contribution in [2.75, 3.05) is 17.8 Å². The zero-order chi connectivity index (χ0) is 18.0. The first-order chi connectivity index (χ1) is 12.0. The molecule has 1 heterocycles. The van der Waals surface area contributed by atoms with Gasteiger partial charge in [0, 0.05) is 5.69 Å². The van der Waals surface area contributed by atoms with Gasteiger partial charge in [-0.2, -0.15) is 0 Å². The van der Waals surface area contributed by atoms with Gasteiger partial charge in [0.2, 0.25) is 5.91 Å². The lowest BCUT2D eigenvalue weighted by Crippen LogP contribution is -2.48. The first kappa shape index (κ1) is 17.4. The number of amides is 1. The predicted octanol–water partition coefficient (Wildman–Crippen LogP) is 3.28. The minimum Gasteiger partial charge on any atom is -0.497 e. The largest absolute Gasteiger partial charge is 0.497 e. The maximum Gasteiger partial charge on any atom is 0.319 e. The highest BCUT2D eigenvalue weighted by Crippen LogP contribution is 2.40. The van der Waals surface area contributed by atoms with Crippen molar-refractivity contribution < 1.29 is 19.4 Å². The number of aliphatic carboxylic acids is 1. The van der Waals surface area contributed by atoms with Crippen LogP contribution < -0.4 is 9.64 Å². The van der Waals surface area contributed by atoms with E-state index in [-0.39, 0.29) is 11.7 Å². The SMILES string of the molecule is COc1ccc(N2C(=O)CS[C@H](C(=O)O)[C@H]2c2ccc(C)cc2)cc1. The lowest BCUT2D eigenvalue weighted by Gasteiger charge is -2.39. The molecule has 1 aliphatic heterocycles. The van der Waals surface area contributed by atoms with E-state index in [2.05, 4.69) is 0 Å². The summed E-state index contributed by atoms with van der Waals surface area (Å²) in [4.78, 5) is 26.1. The van der Waals surface area contributed by atoms with E-state index in [4.69, 9.17) is 4.74 Å². The number of rotatable bonds is 4. The van der Waals surface area contributed by atoms with Crippen molar-refractivity contribution >= 4 is 29.3 Å². The summed E-state index contributed by atoms with van der Waals surface area (Å²) in [5.41, 5.74) is 2.57. The van der Waals surface area contributed by atoms with Gasteiger partial charge >= 0.3 is 5.97 Å². The second kappa shape index (κ2) is 7.19. The Morgan fingerprint density at radius 1 is 1.16 bits per heavy atom. The van der Waals surface area contributed by atoms with Crippen molar-refractivity contribution in [2.45, 2.75) is 18.2 Å². The van der Waals surface area contributed by atoms with Crippen molar-refractivity contribution in [3.05, 3.63) is 59.7 Å². The first-order valence-corrected chi connectivity index (χ1v) is 8.93. The molecule has 6 heteroatoms. The van der Waals surface area contributed by atoms with Crippen LogP contribution in [0.25, 0.3) is 0 Å². The Hall–Kier alpha value is -2.47. The molecule has 25 heavy (non-hydrogen) atoms. The summed E-state index contributed by atoms with van der Waals surface area (Å²) in [6, 6.07) is 14.2. The van der Waals surface area contributed by atoms with Crippen LogP contribution in [0.15, 0.2) is 48.5 Å². The number of carbonyl (C=O) groups excluding carboxylic acids is 1. The zero-order valence-electron chi connectivity index (χ0n) is 14.0. The molecule has 0 aliphatic carbocycles. The Bertz CT molecular complexity index is 773. The molecule has 1 saturated heterocycles. The summed E-state index contributed by atoms with van der Waals surface area (Å²) < 4.78 is 5.17. The van der Waals surface area contributed by atoms with E-state index < -0.39 is 17.3 Å². The van der Waals surface area contributed by atoms with E-state index in [0.717, 1.165) is 11.1 Å². The highest BCUT2D eigenvalue weighted by molar-refractivity contribution is 8.01. The van der Waals surface area contributed by atoms with Crippen molar-refractivity contribution in [1.82, 2.24) is 0 Å². The number of methoxy groups -OCH3 is 1. The van der Waals surface area contributed by atoms with Gasteiger partial charge in [-0.1, -0.05) is 29.8 Å². The van der Waals surface area contributed by atoms with Crippen molar-refractivity contribution in [3.63, 3.8) is 0 Å². The molecule has 0 saturated carbocycles. The highest BCUT2D eigenvalue weighted by atomic mass is 32.2. The Labute approximate surface area is 150 Å². The van der Waals surface area contributed by atoms with Crippen LogP contribution in [0.2, 0.25) is 0 Å². The second-order valence-corrected chi connectivity index (χ2v) is 7.02. The third kappa shape index (κ3) is 3.49. The number of carboxylic acid groups (broad SMARTS) is 1. The van der Waals surface area contributed by atoms with Crippen LogP contribution in [0.1, 0.15) is 17.2 Å². The standard InChI is InChI=1S/C19H19NO4S/c1-12-3-5-13(6-4-12)17-18(19(22)23)25-11-16(21)20(17)14-7-9-15(24-2)10-8-14/h3-10,17-18H,11H2,1-2H3,(H,22,23)/t17-,18+/m1/s1. The van der Waals surface area contributed by atoms with Crippen LogP contribution in [0.4, 0.5) is 5.69 Å². The van der Waals surface area contributed by atoms with E-state index in [0.29, 0.717) is 11.4 Å². The number of benzene rings is 2. The Balaban J connectivity index is 2.07. The number of ether oxygens (including phenoxy) is 1. The van der Waals surface area contributed by atoms with Crippen molar-refractivity contribution in [1.29, 1.82) is 0 Å². The van der Waals surface area contributed by atoms with Gasteiger partial charge in [0.15, 0.2) is 0 Å². The van der Waals surface area contributed by atoms with Gasteiger partial charge in [0.1, 0.15) is 11.0 Å². The summed E-state index contributed by atoms with van der Waals surface area (Å²) in [6.07, 6.45) is 0. The molecule has 2 aromatic carbocycles. The molecule has 0 unspecified atom stereocenters. The first-order valence-electron chi connectivity index (χ1n) is 7.88. The quantitative estimate of drug-likeness (QED) is 0.910. The summed E-state index contributed by atoms with van der Waals surface area (Å²) >= 11 is 1.18. The maximum atomic E-state index is 12.6. The van der Waals surface area contributed by atoms with Crippen molar-refractivity contribution in [2.24, 2.45) is 0 Å². The number of hydrogen-bond acceptors (Lipinski definition) is 4. The molecule has 1 fully saturated rings. The van der Waals surface area contributed by atoms with Gasteiger partial charge in [0.25, 0.3) is 0 Å². The van der Waals surface area contributed by atoms with E-state index in [1.807, 2.05) is 31.2 Å². The van der Waals surface area contributed by atoms with E-state index in [1.165, 1.54) is 11.8 Å². The number of aryl methyl sites for hydroxylation is 1. The Kier molecular flexibility index (Phi) is 4.99. The van der Waals surface area contributed by atoms with E-state index in [9.17, 15) is 14.7 Å². The normalized spacial score (nSPS) is 20.4. The lowest BCUT2D eigenvalue weighted by atomic mass is 9.99. The number of hydrogen-bond donors (Lipinski definition) is 1. The lowest BCUT2D eigenvalue weighted by molar-refractivity contribution is -0.137. The molecular weight excluding hydrogens is 338 g/mol. The molecule has 1 aliphatic rings. The third-order valence-corrected chi connectivity index (χ3v) is 5.47.